The Hall–Kier alpha value is -3.10. The first-order valence-corrected chi connectivity index (χ1v) is 14.5. The maximum Gasteiger partial charge on any atom is 0.340 e. The summed E-state index contributed by atoms with van der Waals surface area (Å²) in [5, 5.41) is 0.167. The van der Waals surface area contributed by atoms with Crippen LogP contribution in [0.2, 0.25) is 0 Å². The fourth-order valence-electron chi connectivity index (χ4n) is 3.87. The molecule has 0 unspecified atom stereocenters. The van der Waals surface area contributed by atoms with Crippen molar-refractivity contribution >= 4 is 53.0 Å². The quantitative estimate of drug-likeness (QED) is 0.238. The second-order valence-electron chi connectivity index (χ2n) is 8.03. The van der Waals surface area contributed by atoms with E-state index in [2.05, 4.69) is 20.9 Å². The van der Waals surface area contributed by atoms with Gasteiger partial charge in [0.05, 0.1) is 41.4 Å². The zero-order valence-corrected chi connectivity index (χ0v) is 23.0. The number of nitrogens with zero attached hydrogens (tertiary/aromatic N) is 3. The molecule has 2 heterocycles. The SMILES string of the molecule is COC(=O)c1c(CN(CN)S(=O)(=O)c2ccc(C)cc2)n(S(=O)(=O)c2ccccc2)c2ncc(Br)cc12. The summed E-state index contributed by atoms with van der Waals surface area (Å²) in [6, 6.07) is 15.2. The number of ether oxygens (including phenoxy) is 1. The number of methoxy groups -OCH3 is 1. The third kappa shape index (κ3) is 4.92. The molecule has 2 N–H and O–H groups in total. The first-order valence-electron chi connectivity index (χ1n) is 10.9. The van der Waals surface area contributed by atoms with E-state index in [0.29, 0.717) is 4.47 Å². The van der Waals surface area contributed by atoms with Crippen LogP contribution in [-0.2, 0) is 31.3 Å². The Morgan fingerprint density at radius 2 is 1.70 bits per heavy atom. The lowest BCUT2D eigenvalue weighted by Gasteiger charge is -2.22. The minimum absolute atomic E-state index is 0.0300. The molecule has 0 fully saturated rings. The van der Waals surface area contributed by atoms with Crippen molar-refractivity contribution in [3.8, 4) is 0 Å². The highest BCUT2D eigenvalue weighted by atomic mass is 79.9. The number of esters is 1. The zero-order chi connectivity index (χ0) is 27.0. The number of nitrogens with two attached hydrogens (primary N) is 1. The number of fused-ring (bicyclic) bond motifs is 1. The van der Waals surface area contributed by atoms with Crippen LogP contribution >= 0.6 is 15.9 Å². The highest BCUT2D eigenvalue weighted by molar-refractivity contribution is 9.10. The van der Waals surface area contributed by atoms with Crippen LogP contribution in [0.25, 0.3) is 11.0 Å². The van der Waals surface area contributed by atoms with Crippen molar-refractivity contribution < 1.29 is 26.4 Å². The maximum absolute atomic E-state index is 13.9. The molecule has 0 saturated carbocycles. The largest absolute Gasteiger partial charge is 0.465 e. The zero-order valence-electron chi connectivity index (χ0n) is 19.8. The van der Waals surface area contributed by atoms with Gasteiger partial charge >= 0.3 is 5.97 Å². The minimum Gasteiger partial charge on any atom is -0.465 e. The van der Waals surface area contributed by atoms with Gasteiger partial charge in [-0.05, 0) is 53.2 Å². The molecule has 0 aliphatic rings. The topological polar surface area (TPSA) is 142 Å². The predicted octanol–water partition coefficient (Wildman–Crippen LogP) is 3.24. The van der Waals surface area contributed by atoms with Gasteiger partial charge in [0.15, 0.2) is 5.65 Å². The van der Waals surface area contributed by atoms with Gasteiger partial charge in [0.2, 0.25) is 10.0 Å². The molecule has 0 bridgehead atoms. The van der Waals surface area contributed by atoms with E-state index in [1.165, 1.54) is 36.5 Å². The molecule has 2 aromatic heterocycles. The number of hydrogen-bond donors (Lipinski definition) is 1. The van der Waals surface area contributed by atoms with Crippen molar-refractivity contribution in [1.82, 2.24) is 13.3 Å². The van der Waals surface area contributed by atoms with E-state index < -0.39 is 39.2 Å². The normalized spacial score (nSPS) is 12.2. The van der Waals surface area contributed by atoms with E-state index >= 15 is 0 Å². The number of halogens is 1. The standard InChI is InChI=1S/C24H23BrN4O6S2/c1-16-8-10-19(11-9-16)36(31,32)28(15-26)14-21-22(24(30)35-2)20-12-17(25)13-27-23(20)29(21)37(33,34)18-6-4-3-5-7-18/h3-13H,14-15,26H2,1-2H3. The number of carbonyl (C=O) groups is 1. The Morgan fingerprint density at radius 3 is 2.30 bits per heavy atom. The molecule has 194 valence electrons. The smallest absolute Gasteiger partial charge is 0.340 e. The van der Waals surface area contributed by atoms with Gasteiger partial charge in [-0.3, -0.25) is 0 Å². The third-order valence-corrected chi connectivity index (χ3v) is 9.69. The first-order chi connectivity index (χ1) is 17.5. The van der Waals surface area contributed by atoms with Gasteiger partial charge < -0.3 is 10.5 Å². The Bertz CT molecular complexity index is 1690. The second kappa shape index (κ2) is 10.3. The van der Waals surface area contributed by atoms with Crippen LogP contribution in [0.5, 0.6) is 0 Å². The molecule has 0 aliphatic heterocycles. The van der Waals surface area contributed by atoms with Gasteiger partial charge in [-0.25, -0.2) is 30.6 Å². The van der Waals surface area contributed by atoms with Gasteiger partial charge in [-0.15, -0.1) is 0 Å². The highest BCUT2D eigenvalue weighted by Gasteiger charge is 2.34. The van der Waals surface area contributed by atoms with Crippen molar-refractivity contribution in [2.45, 2.75) is 23.3 Å². The van der Waals surface area contributed by atoms with Gasteiger partial charge in [-0.1, -0.05) is 35.9 Å². The number of benzene rings is 2. The molecule has 37 heavy (non-hydrogen) atoms. The molecule has 10 nitrogen and oxygen atoms in total. The van der Waals surface area contributed by atoms with E-state index in [1.807, 2.05) is 6.92 Å². The Morgan fingerprint density at radius 1 is 1.05 bits per heavy atom. The number of pyridine rings is 1. The summed E-state index contributed by atoms with van der Waals surface area (Å²) >= 11 is 3.30. The molecule has 4 aromatic rings. The van der Waals surface area contributed by atoms with Crippen LogP contribution in [0, 0.1) is 6.92 Å². The van der Waals surface area contributed by atoms with Crippen LogP contribution in [0.15, 0.2) is 81.1 Å². The molecule has 0 atom stereocenters. The molecular weight excluding hydrogens is 584 g/mol. The van der Waals surface area contributed by atoms with Gasteiger partial charge in [0.25, 0.3) is 10.0 Å². The van der Waals surface area contributed by atoms with Crippen molar-refractivity contribution in [3.63, 3.8) is 0 Å². The van der Waals surface area contributed by atoms with Crippen LogP contribution in [0.4, 0.5) is 0 Å². The third-order valence-electron chi connectivity index (χ3n) is 5.69. The van der Waals surface area contributed by atoms with Crippen molar-refractivity contribution in [1.29, 1.82) is 0 Å². The van der Waals surface area contributed by atoms with E-state index in [9.17, 15) is 21.6 Å². The number of sulfonamides is 1. The number of carbonyl (C=O) groups excluding carboxylic acids is 1. The molecule has 4 rings (SSSR count). The Labute approximate surface area is 222 Å². The summed E-state index contributed by atoms with van der Waals surface area (Å²) in [6.45, 7) is 0.787. The summed E-state index contributed by atoms with van der Waals surface area (Å²) in [7, 11) is -7.35. The lowest BCUT2D eigenvalue weighted by molar-refractivity contribution is 0.0601. The molecule has 0 amide bonds. The summed E-state index contributed by atoms with van der Waals surface area (Å²) in [6.07, 6.45) is 1.38. The Kier molecular flexibility index (Phi) is 7.53. The molecule has 2 aromatic carbocycles. The molecule has 0 radical (unpaired) electrons. The number of aromatic nitrogens is 2. The average Bonchev–Trinajstić information content (AvgIpc) is 3.21. The summed E-state index contributed by atoms with van der Waals surface area (Å²) in [5.74, 6) is -0.855. The van der Waals surface area contributed by atoms with Gasteiger partial charge in [0.1, 0.15) is 0 Å². The van der Waals surface area contributed by atoms with E-state index in [0.717, 1.165) is 21.0 Å². The van der Waals surface area contributed by atoms with Crippen LogP contribution in [0.3, 0.4) is 0 Å². The molecule has 0 saturated heterocycles. The highest BCUT2D eigenvalue weighted by Crippen LogP contribution is 2.33. The first kappa shape index (κ1) is 26.9. The van der Waals surface area contributed by atoms with Crippen molar-refractivity contribution in [3.05, 3.63) is 88.2 Å². The summed E-state index contributed by atoms with van der Waals surface area (Å²) in [5.41, 5.74) is 6.37. The number of rotatable bonds is 8. The van der Waals surface area contributed by atoms with Crippen LogP contribution in [-0.4, -0.2) is 49.8 Å². The molecule has 13 heteroatoms. The fourth-order valence-corrected chi connectivity index (χ4v) is 6.99. The van der Waals surface area contributed by atoms with E-state index in [1.54, 1.807) is 30.3 Å². The lowest BCUT2D eigenvalue weighted by atomic mass is 10.1. The lowest BCUT2D eigenvalue weighted by Crippen LogP contribution is -2.37. The monoisotopic (exact) mass is 606 g/mol. The van der Waals surface area contributed by atoms with E-state index in [4.69, 9.17) is 10.5 Å². The van der Waals surface area contributed by atoms with Crippen molar-refractivity contribution in [2.24, 2.45) is 5.73 Å². The average molecular weight is 608 g/mol. The van der Waals surface area contributed by atoms with Gasteiger partial charge in [0, 0.05) is 16.1 Å². The predicted molar refractivity (Wildman–Crippen MR) is 141 cm³/mol. The molecular formula is C24H23BrN4O6S2. The summed E-state index contributed by atoms with van der Waals surface area (Å²) < 4.78 is 61.9. The van der Waals surface area contributed by atoms with Crippen molar-refractivity contribution in [2.75, 3.05) is 13.8 Å². The minimum atomic E-state index is -4.33. The Balaban J connectivity index is 2.02. The van der Waals surface area contributed by atoms with Gasteiger partial charge in [-0.2, -0.15) is 4.31 Å². The molecule has 0 aliphatic carbocycles. The fraction of sp³-hybridized carbons (Fsp3) is 0.167. The van der Waals surface area contributed by atoms with Crippen LogP contribution < -0.4 is 5.73 Å². The number of aryl methyl sites for hydroxylation is 1. The molecule has 0 spiro atoms. The van der Waals surface area contributed by atoms with Crippen LogP contribution in [0.1, 0.15) is 21.6 Å². The second-order valence-corrected chi connectivity index (χ2v) is 12.7. The summed E-state index contributed by atoms with van der Waals surface area (Å²) in [4.78, 5) is 17.2. The van der Waals surface area contributed by atoms with E-state index in [-0.39, 0.29) is 32.1 Å². The maximum atomic E-state index is 13.9. The number of hydrogen-bond acceptors (Lipinski definition) is 8.